The van der Waals surface area contributed by atoms with E-state index in [1.165, 1.54) is 0 Å². The SMILES string of the molecule is COC(=O)c1sc(NC(=O)C(F)(F)C(F)(F)C(F)(F)C(F)(F)C(F)(F)C(F)(F)C(F)(F)C(F)F)c(C#N)c1C. The molecule has 0 aliphatic rings. The van der Waals surface area contributed by atoms with Crippen LogP contribution >= 0.6 is 11.3 Å². The Morgan fingerprint density at radius 2 is 1.23 bits per heavy atom. The van der Waals surface area contributed by atoms with Gasteiger partial charge in [0.2, 0.25) is 0 Å². The van der Waals surface area contributed by atoms with Crippen LogP contribution in [0.25, 0.3) is 0 Å². The van der Waals surface area contributed by atoms with Gasteiger partial charge < -0.3 is 10.1 Å². The van der Waals surface area contributed by atoms with Crippen LogP contribution in [0.5, 0.6) is 0 Å². The minimum absolute atomic E-state index is 0.192. The highest BCUT2D eigenvalue weighted by molar-refractivity contribution is 7.18. The molecule has 1 aromatic heterocycles. The van der Waals surface area contributed by atoms with Crippen LogP contribution in [0, 0.1) is 18.3 Å². The Kier molecular flexibility index (Phi) is 8.63. The molecule has 22 heteroatoms. The summed E-state index contributed by atoms with van der Waals surface area (Å²) in [4.78, 5) is 22.6. The lowest BCUT2D eigenvalue weighted by Crippen LogP contribution is -2.74. The maximum absolute atomic E-state index is 14.1. The number of methoxy groups -OCH3 is 1. The highest BCUT2D eigenvalue weighted by atomic mass is 32.1. The number of esters is 1. The van der Waals surface area contributed by atoms with Gasteiger partial charge in [-0.15, -0.1) is 11.3 Å². The maximum Gasteiger partial charge on any atom is 0.393 e. The van der Waals surface area contributed by atoms with E-state index < -0.39 is 80.8 Å². The number of hydrogen-bond acceptors (Lipinski definition) is 5. The first kappa shape index (κ1) is 34.0. The number of nitrogens with zero attached hydrogens (tertiary/aromatic N) is 1. The molecule has 0 aliphatic carbocycles. The predicted octanol–water partition coefficient (Wildman–Crippen LogP) is 6.37. The van der Waals surface area contributed by atoms with Crippen molar-refractivity contribution in [2.75, 3.05) is 12.4 Å². The summed E-state index contributed by atoms with van der Waals surface area (Å²) in [5.74, 6) is -62.2. The van der Waals surface area contributed by atoms with E-state index >= 15 is 0 Å². The summed E-state index contributed by atoms with van der Waals surface area (Å²) in [6.45, 7) is 0.885. The van der Waals surface area contributed by atoms with Gasteiger partial charge in [-0.3, -0.25) is 4.79 Å². The van der Waals surface area contributed by atoms with Crippen molar-refractivity contribution in [3.8, 4) is 6.07 Å². The van der Waals surface area contributed by atoms with E-state index in [9.17, 15) is 79.8 Å². The average Bonchev–Trinajstić information content (AvgIpc) is 3.11. The number of amides is 1. The molecule has 0 spiro atoms. The first-order valence-corrected chi connectivity index (χ1v) is 9.84. The Labute approximate surface area is 208 Å². The van der Waals surface area contributed by atoms with Crippen molar-refractivity contribution in [3.63, 3.8) is 0 Å². The number of halogens is 16. The third kappa shape index (κ3) is 4.61. The van der Waals surface area contributed by atoms with Crippen LogP contribution in [0.2, 0.25) is 0 Å². The van der Waals surface area contributed by atoms with Gasteiger partial charge in [-0.25, -0.2) is 13.6 Å². The molecule has 39 heavy (non-hydrogen) atoms. The molecule has 1 heterocycles. The highest BCUT2D eigenvalue weighted by Crippen LogP contribution is 2.62. The van der Waals surface area contributed by atoms with Crippen LogP contribution < -0.4 is 5.32 Å². The minimum atomic E-state index is -8.66. The lowest BCUT2D eigenvalue weighted by molar-refractivity contribution is -0.443. The van der Waals surface area contributed by atoms with Crippen molar-refractivity contribution in [1.82, 2.24) is 0 Å². The largest absolute Gasteiger partial charge is 0.465 e. The zero-order chi connectivity index (χ0) is 31.4. The normalized spacial score (nSPS) is 14.3. The smallest absolute Gasteiger partial charge is 0.393 e. The fraction of sp³-hybridized carbons (Fsp3) is 0.588. The van der Waals surface area contributed by atoms with E-state index in [0.717, 1.165) is 20.1 Å². The molecule has 0 bridgehead atoms. The van der Waals surface area contributed by atoms with Crippen LogP contribution in [0.3, 0.4) is 0 Å². The van der Waals surface area contributed by atoms with Crippen molar-refractivity contribution in [3.05, 3.63) is 16.0 Å². The zero-order valence-corrected chi connectivity index (χ0v) is 19.0. The monoisotopic (exact) mass is 624 g/mol. The van der Waals surface area contributed by atoms with Crippen LogP contribution in [0.1, 0.15) is 20.8 Å². The Hall–Kier alpha value is -2.99. The first-order valence-electron chi connectivity index (χ1n) is 9.02. The summed E-state index contributed by atoms with van der Waals surface area (Å²) in [6.07, 6.45) is -5.98. The molecule has 1 aromatic rings. The molecule has 0 atom stereocenters. The third-order valence-electron chi connectivity index (χ3n) is 4.81. The van der Waals surface area contributed by atoms with Crippen LogP contribution in [-0.4, -0.2) is 66.9 Å². The molecular formula is C17H8F16N2O3S. The molecule has 0 radical (unpaired) electrons. The fourth-order valence-electron chi connectivity index (χ4n) is 2.48. The Morgan fingerprint density at radius 3 is 1.62 bits per heavy atom. The average molecular weight is 624 g/mol. The second kappa shape index (κ2) is 9.88. The van der Waals surface area contributed by atoms with Gasteiger partial charge in [-0.05, 0) is 12.5 Å². The number of carbonyl (C=O) groups is 2. The summed E-state index contributed by atoms with van der Waals surface area (Å²) in [5.41, 5.74) is -1.47. The molecule has 1 N–H and O–H groups in total. The van der Waals surface area contributed by atoms with E-state index in [1.54, 1.807) is 0 Å². The lowest BCUT2D eigenvalue weighted by Gasteiger charge is -2.42. The van der Waals surface area contributed by atoms with E-state index in [4.69, 9.17) is 5.26 Å². The maximum atomic E-state index is 14.1. The number of ether oxygens (including phenoxy) is 1. The first-order chi connectivity index (χ1) is 17.2. The lowest BCUT2D eigenvalue weighted by atomic mass is 9.89. The number of rotatable bonds is 10. The van der Waals surface area contributed by atoms with Gasteiger partial charge in [-0.1, -0.05) is 0 Å². The Bertz CT molecular complexity index is 1170. The van der Waals surface area contributed by atoms with Crippen molar-refractivity contribution in [1.29, 1.82) is 5.26 Å². The molecule has 1 rings (SSSR count). The van der Waals surface area contributed by atoms with Gasteiger partial charge in [-0.2, -0.15) is 66.7 Å². The van der Waals surface area contributed by atoms with Crippen LogP contribution in [-0.2, 0) is 9.53 Å². The van der Waals surface area contributed by atoms with Crippen molar-refractivity contribution in [2.24, 2.45) is 0 Å². The molecule has 1 amide bonds. The predicted molar refractivity (Wildman–Crippen MR) is 94.4 cm³/mol. The highest BCUT2D eigenvalue weighted by Gasteiger charge is 2.94. The zero-order valence-electron chi connectivity index (χ0n) is 18.2. The topological polar surface area (TPSA) is 79.2 Å². The number of carbonyl (C=O) groups excluding carboxylic acids is 2. The van der Waals surface area contributed by atoms with Crippen molar-refractivity contribution in [2.45, 2.75) is 54.8 Å². The van der Waals surface area contributed by atoms with Crippen LogP contribution in [0.15, 0.2) is 0 Å². The molecule has 0 saturated heterocycles. The van der Waals surface area contributed by atoms with Gasteiger partial charge >= 0.3 is 59.8 Å². The van der Waals surface area contributed by atoms with E-state index in [-0.39, 0.29) is 11.3 Å². The number of nitriles is 1. The van der Waals surface area contributed by atoms with Gasteiger partial charge in [0.05, 0.1) is 12.7 Å². The van der Waals surface area contributed by atoms with Crippen molar-refractivity contribution < 1.29 is 84.6 Å². The number of anilines is 1. The summed E-state index contributed by atoms with van der Waals surface area (Å²) in [5, 5.41) is 8.34. The second-order valence-corrected chi connectivity index (χ2v) is 8.21. The van der Waals surface area contributed by atoms with Gasteiger partial charge in [0.1, 0.15) is 15.9 Å². The number of nitrogens with one attached hydrogen (secondary N) is 1. The number of thiophene rings is 1. The fourth-order valence-corrected chi connectivity index (χ4v) is 3.55. The van der Waals surface area contributed by atoms with Gasteiger partial charge in [0, 0.05) is 0 Å². The summed E-state index contributed by atoms with van der Waals surface area (Å²) < 4.78 is 219. The van der Waals surface area contributed by atoms with E-state index in [1.807, 2.05) is 0 Å². The standard InChI is InChI=1S/C17H8F16N2O3S/c1-4-5(3-34)7(39-6(4)8(36)38-2)35-10(37)12(22,23)14(26,27)16(30,31)17(32,33)15(28,29)13(24,25)11(20,21)9(18)19/h9H,1-2H3,(H,35,37). The number of alkyl halides is 16. The second-order valence-electron chi connectivity index (χ2n) is 7.19. The molecular weight excluding hydrogens is 616 g/mol. The van der Waals surface area contributed by atoms with E-state index in [2.05, 4.69) is 4.74 Å². The minimum Gasteiger partial charge on any atom is -0.465 e. The third-order valence-corrected chi connectivity index (χ3v) is 5.99. The molecule has 0 aliphatic heterocycles. The van der Waals surface area contributed by atoms with E-state index in [0.29, 0.717) is 5.32 Å². The summed E-state index contributed by atoms with van der Waals surface area (Å²) in [6, 6.07) is 1.15. The quantitative estimate of drug-likeness (QED) is 0.243. The molecule has 0 unspecified atom stereocenters. The molecule has 5 nitrogen and oxygen atoms in total. The molecule has 0 aromatic carbocycles. The number of hydrogen-bond donors (Lipinski definition) is 1. The van der Waals surface area contributed by atoms with Crippen LogP contribution in [0.4, 0.5) is 75.2 Å². The van der Waals surface area contributed by atoms with Gasteiger partial charge in [0.25, 0.3) is 0 Å². The summed E-state index contributed by atoms with van der Waals surface area (Å²) in [7, 11) is 0.735. The Morgan fingerprint density at radius 1 is 0.821 bits per heavy atom. The molecule has 0 fully saturated rings. The van der Waals surface area contributed by atoms with Crippen molar-refractivity contribution >= 4 is 28.2 Å². The van der Waals surface area contributed by atoms with Gasteiger partial charge in [0.15, 0.2) is 0 Å². The summed E-state index contributed by atoms with van der Waals surface area (Å²) >= 11 is -0.192. The molecule has 0 saturated carbocycles. The molecule has 222 valence electrons. The Balaban J connectivity index is 3.64.